The van der Waals surface area contributed by atoms with Crippen LogP contribution in [0.15, 0.2) is 41.3 Å². The van der Waals surface area contributed by atoms with Gasteiger partial charge in [-0.25, -0.2) is 8.42 Å². The molecule has 0 aliphatic carbocycles. The largest absolute Gasteiger partial charge is 0.496 e. The molecule has 1 saturated heterocycles. The number of nitrogens with zero attached hydrogens (tertiary/aromatic N) is 1. The number of carbonyl (C=O) groups is 1. The predicted octanol–water partition coefficient (Wildman–Crippen LogP) is 2.51. The summed E-state index contributed by atoms with van der Waals surface area (Å²) >= 11 is 0. The molecule has 1 N–H and O–H groups in total. The second-order valence-corrected chi connectivity index (χ2v) is 8.80. The number of anilines is 1. The Labute approximate surface area is 181 Å². The molecular weight excluding hydrogens is 424 g/mol. The normalized spacial score (nSPS) is 14.2. The van der Waals surface area contributed by atoms with E-state index in [1.807, 2.05) is 0 Å². The van der Waals surface area contributed by atoms with E-state index in [2.05, 4.69) is 5.32 Å². The molecule has 9 nitrogen and oxygen atoms in total. The summed E-state index contributed by atoms with van der Waals surface area (Å²) in [6, 6.07) is 9.33. The van der Waals surface area contributed by atoms with Gasteiger partial charge >= 0.3 is 0 Å². The highest BCUT2D eigenvalue weighted by atomic mass is 32.2. The number of carbonyl (C=O) groups excluding carboxylic acids is 1. The van der Waals surface area contributed by atoms with E-state index in [9.17, 15) is 13.2 Å². The Morgan fingerprint density at radius 1 is 0.935 bits per heavy atom. The maximum atomic E-state index is 12.8. The highest BCUT2D eigenvalue weighted by Crippen LogP contribution is 2.30. The molecule has 1 fully saturated rings. The van der Waals surface area contributed by atoms with E-state index < -0.39 is 15.9 Å². The van der Waals surface area contributed by atoms with Gasteiger partial charge in [-0.15, -0.1) is 0 Å². The lowest BCUT2D eigenvalue weighted by Gasteiger charge is -2.17. The van der Waals surface area contributed by atoms with Crippen molar-refractivity contribution in [2.75, 3.05) is 46.3 Å². The van der Waals surface area contributed by atoms with Gasteiger partial charge in [0.25, 0.3) is 5.91 Å². The second-order valence-electron chi connectivity index (χ2n) is 6.86. The Bertz CT molecular complexity index is 1010. The Balaban J connectivity index is 1.73. The van der Waals surface area contributed by atoms with E-state index in [0.717, 1.165) is 12.8 Å². The summed E-state index contributed by atoms with van der Waals surface area (Å²) in [5.74, 6) is 1.31. The minimum Gasteiger partial charge on any atom is -0.496 e. The van der Waals surface area contributed by atoms with Gasteiger partial charge in [0.1, 0.15) is 23.0 Å². The van der Waals surface area contributed by atoms with Crippen molar-refractivity contribution in [3.63, 3.8) is 0 Å². The van der Waals surface area contributed by atoms with Gasteiger partial charge in [0.15, 0.2) is 6.61 Å². The molecule has 3 rings (SSSR count). The van der Waals surface area contributed by atoms with Crippen molar-refractivity contribution in [2.24, 2.45) is 0 Å². The van der Waals surface area contributed by atoms with Crippen LogP contribution in [0, 0.1) is 0 Å². The molecule has 0 atom stereocenters. The van der Waals surface area contributed by atoms with Crippen LogP contribution in [0.5, 0.6) is 23.0 Å². The standard InChI is InChI=1S/C21H26N2O7S/c1-27-15-10-16(28-2)12-17(11-15)30-14-21(24)22-19-13-18(6-7-20(19)29-3)31(25,26)23-8-4-5-9-23/h6-7,10-13H,4-5,8-9,14H2,1-3H3,(H,22,24). The van der Waals surface area contributed by atoms with Crippen LogP contribution in [0.1, 0.15) is 12.8 Å². The fraction of sp³-hybridized carbons (Fsp3) is 0.381. The van der Waals surface area contributed by atoms with Gasteiger partial charge in [-0.1, -0.05) is 0 Å². The monoisotopic (exact) mass is 450 g/mol. The summed E-state index contributed by atoms with van der Waals surface area (Å²) in [4.78, 5) is 12.6. The molecule has 2 aromatic rings. The van der Waals surface area contributed by atoms with Gasteiger partial charge in [-0.2, -0.15) is 4.31 Å². The molecule has 2 aromatic carbocycles. The summed E-state index contributed by atoms with van der Waals surface area (Å²) in [7, 11) is 0.847. The number of amides is 1. The fourth-order valence-corrected chi connectivity index (χ4v) is 4.77. The lowest BCUT2D eigenvalue weighted by Crippen LogP contribution is -2.28. The van der Waals surface area contributed by atoms with E-state index in [4.69, 9.17) is 18.9 Å². The quantitative estimate of drug-likeness (QED) is 0.626. The number of nitrogens with one attached hydrogen (secondary N) is 1. The lowest BCUT2D eigenvalue weighted by atomic mass is 10.3. The van der Waals surface area contributed by atoms with Crippen LogP contribution in [0.4, 0.5) is 5.69 Å². The zero-order valence-electron chi connectivity index (χ0n) is 17.7. The first kappa shape index (κ1) is 22.7. The van der Waals surface area contributed by atoms with Crippen molar-refractivity contribution in [3.8, 4) is 23.0 Å². The predicted molar refractivity (Wildman–Crippen MR) is 115 cm³/mol. The lowest BCUT2D eigenvalue weighted by molar-refractivity contribution is -0.118. The molecular formula is C21H26N2O7S. The van der Waals surface area contributed by atoms with Gasteiger partial charge in [0, 0.05) is 31.3 Å². The molecule has 0 bridgehead atoms. The molecule has 0 spiro atoms. The number of sulfonamides is 1. The topological polar surface area (TPSA) is 103 Å². The number of rotatable bonds is 9. The van der Waals surface area contributed by atoms with Crippen molar-refractivity contribution >= 4 is 21.6 Å². The summed E-state index contributed by atoms with van der Waals surface area (Å²) in [5.41, 5.74) is 0.250. The number of benzene rings is 2. The van der Waals surface area contributed by atoms with E-state index in [0.29, 0.717) is 36.1 Å². The highest BCUT2D eigenvalue weighted by Gasteiger charge is 2.28. The summed E-state index contributed by atoms with van der Waals surface area (Å²) < 4.78 is 48.3. The van der Waals surface area contributed by atoms with Crippen molar-refractivity contribution in [1.29, 1.82) is 0 Å². The number of methoxy groups -OCH3 is 3. The van der Waals surface area contributed by atoms with Crippen LogP contribution < -0.4 is 24.3 Å². The number of hydrogen-bond donors (Lipinski definition) is 1. The maximum absolute atomic E-state index is 12.8. The summed E-state index contributed by atoms with van der Waals surface area (Å²) in [6.45, 7) is 0.685. The SMILES string of the molecule is COc1cc(OC)cc(OCC(=O)Nc2cc(S(=O)(=O)N3CCCC3)ccc2OC)c1. The molecule has 1 heterocycles. The summed E-state index contributed by atoms with van der Waals surface area (Å²) in [6.07, 6.45) is 1.68. The third kappa shape index (κ3) is 5.39. The van der Waals surface area contributed by atoms with Crippen LogP contribution >= 0.6 is 0 Å². The van der Waals surface area contributed by atoms with Crippen LogP contribution in [0.2, 0.25) is 0 Å². The van der Waals surface area contributed by atoms with E-state index in [-0.39, 0.29) is 17.2 Å². The summed E-state index contributed by atoms with van der Waals surface area (Å²) in [5, 5.41) is 2.66. The average Bonchev–Trinajstić information content (AvgIpc) is 3.33. The molecule has 10 heteroatoms. The zero-order valence-corrected chi connectivity index (χ0v) is 18.5. The Kier molecular flexibility index (Phi) is 7.24. The minimum absolute atomic E-state index is 0.101. The fourth-order valence-electron chi connectivity index (χ4n) is 3.22. The molecule has 1 aliphatic rings. The first-order chi connectivity index (χ1) is 14.9. The van der Waals surface area contributed by atoms with Crippen LogP contribution in [0.25, 0.3) is 0 Å². The van der Waals surface area contributed by atoms with Crippen molar-refractivity contribution in [3.05, 3.63) is 36.4 Å². The Morgan fingerprint density at radius 3 is 2.13 bits per heavy atom. The zero-order chi connectivity index (χ0) is 22.4. The Hall–Kier alpha value is -2.98. The molecule has 168 valence electrons. The van der Waals surface area contributed by atoms with Crippen LogP contribution in [-0.4, -0.2) is 59.7 Å². The first-order valence-electron chi connectivity index (χ1n) is 9.71. The van der Waals surface area contributed by atoms with Crippen LogP contribution in [0.3, 0.4) is 0 Å². The van der Waals surface area contributed by atoms with Crippen molar-refractivity contribution in [1.82, 2.24) is 4.31 Å². The van der Waals surface area contributed by atoms with E-state index >= 15 is 0 Å². The molecule has 0 aromatic heterocycles. The smallest absolute Gasteiger partial charge is 0.262 e. The molecule has 0 radical (unpaired) electrons. The van der Waals surface area contributed by atoms with Crippen molar-refractivity contribution in [2.45, 2.75) is 17.7 Å². The van der Waals surface area contributed by atoms with E-state index in [1.165, 1.54) is 43.8 Å². The van der Waals surface area contributed by atoms with E-state index in [1.54, 1.807) is 18.2 Å². The van der Waals surface area contributed by atoms with Crippen molar-refractivity contribution < 1.29 is 32.2 Å². The third-order valence-electron chi connectivity index (χ3n) is 4.84. The molecule has 31 heavy (non-hydrogen) atoms. The maximum Gasteiger partial charge on any atom is 0.262 e. The highest BCUT2D eigenvalue weighted by molar-refractivity contribution is 7.89. The number of hydrogen-bond acceptors (Lipinski definition) is 7. The first-order valence-corrected chi connectivity index (χ1v) is 11.2. The third-order valence-corrected chi connectivity index (χ3v) is 6.74. The molecule has 0 unspecified atom stereocenters. The van der Waals surface area contributed by atoms with Gasteiger partial charge in [-0.3, -0.25) is 4.79 Å². The van der Waals surface area contributed by atoms with Gasteiger partial charge < -0.3 is 24.3 Å². The molecule has 1 amide bonds. The van der Waals surface area contributed by atoms with Crippen LogP contribution in [-0.2, 0) is 14.8 Å². The van der Waals surface area contributed by atoms with Gasteiger partial charge in [-0.05, 0) is 31.0 Å². The molecule has 0 saturated carbocycles. The Morgan fingerprint density at radius 2 is 1.55 bits per heavy atom. The average molecular weight is 451 g/mol. The van der Waals surface area contributed by atoms with Gasteiger partial charge in [0.05, 0.1) is 31.9 Å². The van der Waals surface area contributed by atoms with Gasteiger partial charge in [0.2, 0.25) is 10.0 Å². The molecule has 1 aliphatic heterocycles. The minimum atomic E-state index is -3.63. The number of ether oxygens (including phenoxy) is 4. The second kappa shape index (κ2) is 9.88.